The van der Waals surface area contributed by atoms with E-state index in [1.54, 1.807) is 12.3 Å². The second kappa shape index (κ2) is 4.12. The Morgan fingerprint density at radius 3 is 2.59 bits per heavy atom. The van der Waals surface area contributed by atoms with Crippen LogP contribution < -0.4 is 10.6 Å². The summed E-state index contributed by atoms with van der Waals surface area (Å²) in [5.41, 5.74) is 5.65. The molecule has 6 nitrogen and oxygen atoms in total. The van der Waals surface area contributed by atoms with Crippen LogP contribution in [-0.4, -0.2) is 42.1 Å². The van der Waals surface area contributed by atoms with Crippen LogP contribution >= 0.6 is 0 Å². The number of nitrogens with two attached hydrogens (primary N) is 1. The molecular formula is C11H16N4O2. The van der Waals surface area contributed by atoms with Gasteiger partial charge in [0.05, 0.1) is 13.2 Å². The van der Waals surface area contributed by atoms with Gasteiger partial charge in [0, 0.05) is 32.1 Å². The van der Waals surface area contributed by atoms with Crippen LogP contribution in [-0.2, 0) is 9.47 Å². The molecule has 0 amide bonds. The first kappa shape index (κ1) is 10.7. The number of ether oxygens (including phenoxy) is 2. The maximum Gasteiger partial charge on any atom is 0.227 e. The average molecular weight is 236 g/mol. The molecule has 1 spiro atoms. The SMILES string of the molecule is Nc1ccnc(N2CCC3(CC2)OCCO3)n1. The van der Waals surface area contributed by atoms with Gasteiger partial charge in [-0.1, -0.05) is 0 Å². The fraction of sp³-hybridized carbons (Fsp3) is 0.636. The zero-order valence-corrected chi connectivity index (χ0v) is 9.63. The Bertz CT molecular complexity index is 396. The van der Waals surface area contributed by atoms with Gasteiger partial charge in [-0.3, -0.25) is 0 Å². The molecule has 1 aromatic heterocycles. The lowest BCUT2D eigenvalue weighted by molar-refractivity contribution is -0.169. The third-order valence-electron chi connectivity index (χ3n) is 3.29. The number of piperidine rings is 1. The topological polar surface area (TPSA) is 73.5 Å². The van der Waals surface area contributed by atoms with Gasteiger partial charge in [-0.2, -0.15) is 4.98 Å². The zero-order valence-electron chi connectivity index (χ0n) is 9.63. The van der Waals surface area contributed by atoms with Gasteiger partial charge in [0.2, 0.25) is 5.95 Å². The molecule has 2 aliphatic heterocycles. The normalized spacial score (nSPS) is 23.2. The summed E-state index contributed by atoms with van der Waals surface area (Å²) in [5.74, 6) is 0.845. The van der Waals surface area contributed by atoms with E-state index in [1.807, 2.05) is 0 Å². The van der Waals surface area contributed by atoms with Crippen molar-refractivity contribution in [2.75, 3.05) is 36.9 Å². The Labute approximate surface area is 99.7 Å². The van der Waals surface area contributed by atoms with Crippen molar-refractivity contribution in [1.29, 1.82) is 0 Å². The Hall–Kier alpha value is -1.40. The summed E-state index contributed by atoms with van der Waals surface area (Å²) in [5, 5.41) is 0. The van der Waals surface area contributed by atoms with Gasteiger partial charge in [-0.25, -0.2) is 4.98 Å². The number of rotatable bonds is 1. The molecule has 0 aromatic carbocycles. The molecule has 0 unspecified atom stereocenters. The molecule has 1 aromatic rings. The van der Waals surface area contributed by atoms with Crippen LogP contribution in [0, 0.1) is 0 Å². The fourth-order valence-corrected chi connectivity index (χ4v) is 2.35. The van der Waals surface area contributed by atoms with Crippen LogP contribution in [0.15, 0.2) is 12.3 Å². The maximum absolute atomic E-state index is 5.67. The molecule has 0 aliphatic carbocycles. The molecule has 17 heavy (non-hydrogen) atoms. The minimum absolute atomic E-state index is 0.350. The monoisotopic (exact) mass is 236 g/mol. The van der Waals surface area contributed by atoms with Crippen LogP contribution in [0.5, 0.6) is 0 Å². The van der Waals surface area contributed by atoms with E-state index in [0.29, 0.717) is 25.0 Å². The summed E-state index contributed by atoms with van der Waals surface area (Å²) in [7, 11) is 0. The maximum atomic E-state index is 5.67. The lowest BCUT2D eigenvalue weighted by Crippen LogP contribution is -2.45. The number of anilines is 2. The molecule has 2 aliphatic rings. The summed E-state index contributed by atoms with van der Waals surface area (Å²) in [4.78, 5) is 10.6. The highest BCUT2D eigenvalue weighted by Gasteiger charge is 2.40. The van der Waals surface area contributed by atoms with E-state index >= 15 is 0 Å². The van der Waals surface area contributed by atoms with Crippen molar-refractivity contribution in [3.8, 4) is 0 Å². The van der Waals surface area contributed by atoms with Gasteiger partial charge < -0.3 is 20.1 Å². The second-order valence-electron chi connectivity index (χ2n) is 4.38. The van der Waals surface area contributed by atoms with Gasteiger partial charge in [-0.15, -0.1) is 0 Å². The van der Waals surface area contributed by atoms with Gasteiger partial charge >= 0.3 is 0 Å². The molecular weight excluding hydrogens is 220 g/mol. The lowest BCUT2D eigenvalue weighted by Gasteiger charge is -2.37. The highest BCUT2D eigenvalue weighted by molar-refractivity contribution is 5.38. The summed E-state index contributed by atoms with van der Waals surface area (Å²) in [6, 6.07) is 1.69. The fourth-order valence-electron chi connectivity index (χ4n) is 2.35. The van der Waals surface area contributed by atoms with Crippen LogP contribution in [0.1, 0.15) is 12.8 Å². The second-order valence-corrected chi connectivity index (χ2v) is 4.38. The van der Waals surface area contributed by atoms with Crippen molar-refractivity contribution < 1.29 is 9.47 Å². The molecule has 0 atom stereocenters. The highest BCUT2D eigenvalue weighted by Crippen LogP contribution is 2.32. The number of hydrogen-bond acceptors (Lipinski definition) is 6. The molecule has 2 N–H and O–H groups in total. The summed E-state index contributed by atoms with van der Waals surface area (Å²) >= 11 is 0. The Balaban J connectivity index is 1.68. The minimum Gasteiger partial charge on any atom is -0.384 e. The van der Waals surface area contributed by atoms with E-state index in [-0.39, 0.29) is 5.79 Å². The predicted molar refractivity (Wildman–Crippen MR) is 62.5 cm³/mol. The lowest BCUT2D eigenvalue weighted by atomic mass is 10.0. The summed E-state index contributed by atoms with van der Waals surface area (Å²) in [6.07, 6.45) is 3.39. The molecule has 6 heteroatoms. The zero-order chi connectivity index (χ0) is 11.7. The van der Waals surface area contributed by atoms with Gasteiger partial charge in [0.15, 0.2) is 5.79 Å². The number of nitrogen functional groups attached to an aromatic ring is 1. The quantitative estimate of drug-likeness (QED) is 0.761. The smallest absolute Gasteiger partial charge is 0.227 e. The molecule has 2 saturated heterocycles. The van der Waals surface area contributed by atoms with Gasteiger partial charge in [-0.05, 0) is 6.07 Å². The van der Waals surface area contributed by atoms with Crippen molar-refractivity contribution in [3.63, 3.8) is 0 Å². The molecule has 0 saturated carbocycles. The molecule has 0 radical (unpaired) electrons. The largest absolute Gasteiger partial charge is 0.384 e. The number of aromatic nitrogens is 2. The van der Waals surface area contributed by atoms with Crippen molar-refractivity contribution in [1.82, 2.24) is 9.97 Å². The first-order valence-corrected chi connectivity index (χ1v) is 5.89. The molecule has 0 bridgehead atoms. The van der Waals surface area contributed by atoms with E-state index in [9.17, 15) is 0 Å². The molecule has 92 valence electrons. The summed E-state index contributed by atoms with van der Waals surface area (Å²) < 4.78 is 11.3. The third-order valence-corrected chi connectivity index (χ3v) is 3.29. The first-order chi connectivity index (χ1) is 8.27. The Kier molecular flexibility index (Phi) is 2.60. The van der Waals surface area contributed by atoms with Crippen LogP contribution in [0.3, 0.4) is 0 Å². The highest BCUT2D eigenvalue weighted by atomic mass is 16.7. The van der Waals surface area contributed by atoms with Crippen molar-refractivity contribution in [3.05, 3.63) is 12.3 Å². The Morgan fingerprint density at radius 1 is 1.24 bits per heavy atom. The number of nitrogens with zero attached hydrogens (tertiary/aromatic N) is 3. The molecule has 2 fully saturated rings. The Morgan fingerprint density at radius 2 is 1.94 bits per heavy atom. The minimum atomic E-state index is -0.350. The van der Waals surface area contributed by atoms with E-state index in [1.165, 1.54) is 0 Å². The third kappa shape index (κ3) is 2.05. The van der Waals surface area contributed by atoms with Crippen LogP contribution in [0.25, 0.3) is 0 Å². The van der Waals surface area contributed by atoms with E-state index in [0.717, 1.165) is 25.9 Å². The first-order valence-electron chi connectivity index (χ1n) is 5.89. The van der Waals surface area contributed by atoms with Gasteiger partial charge in [0.25, 0.3) is 0 Å². The molecule has 3 heterocycles. The predicted octanol–water partition coefficient (Wildman–Crippen LogP) is 0.402. The van der Waals surface area contributed by atoms with Crippen LogP contribution in [0.4, 0.5) is 11.8 Å². The number of hydrogen-bond donors (Lipinski definition) is 1. The van der Waals surface area contributed by atoms with Crippen molar-refractivity contribution >= 4 is 11.8 Å². The van der Waals surface area contributed by atoms with Gasteiger partial charge in [0.1, 0.15) is 5.82 Å². The average Bonchev–Trinajstić information content (AvgIpc) is 2.79. The standard InChI is InChI=1S/C11H16N4O2/c12-9-1-4-13-10(14-9)15-5-2-11(3-6-15)16-7-8-17-11/h1,4H,2-3,5-8H2,(H2,12,13,14). The van der Waals surface area contributed by atoms with E-state index < -0.39 is 0 Å². The van der Waals surface area contributed by atoms with Crippen LogP contribution in [0.2, 0.25) is 0 Å². The van der Waals surface area contributed by atoms with Crippen molar-refractivity contribution in [2.45, 2.75) is 18.6 Å². The van der Waals surface area contributed by atoms with Crippen molar-refractivity contribution in [2.24, 2.45) is 0 Å². The summed E-state index contributed by atoms with van der Waals surface area (Å²) in [6.45, 7) is 3.08. The molecule has 3 rings (SSSR count). The van der Waals surface area contributed by atoms with E-state index in [4.69, 9.17) is 15.2 Å². The van der Waals surface area contributed by atoms with E-state index in [2.05, 4.69) is 14.9 Å².